The molecule has 0 spiro atoms. The Bertz CT molecular complexity index is 434. The molecule has 1 aliphatic heterocycles. The average molecular weight is 225 g/mol. The maximum absolute atomic E-state index is 12.7. The minimum absolute atomic E-state index is 0.174. The number of allylic oxidation sites excluding steroid dienone is 1. The molecule has 0 fully saturated rings. The van der Waals surface area contributed by atoms with Crippen molar-refractivity contribution in [1.29, 1.82) is 0 Å². The largest absolute Gasteiger partial charge is 0.422 e. The molecule has 0 saturated heterocycles. The first kappa shape index (κ1) is 10.9. The lowest BCUT2D eigenvalue weighted by Crippen LogP contribution is -2.31. The summed E-state index contributed by atoms with van der Waals surface area (Å²) in [7, 11) is 0. The highest BCUT2D eigenvalue weighted by Crippen LogP contribution is 2.47. The number of hydrogen-bond donors (Lipinski definition) is 0. The molecule has 16 heavy (non-hydrogen) atoms. The summed E-state index contributed by atoms with van der Waals surface area (Å²) in [5, 5.41) is 0. The van der Waals surface area contributed by atoms with Crippen LogP contribution in [-0.2, 0) is 5.54 Å². The summed E-state index contributed by atoms with van der Waals surface area (Å²) >= 11 is 0. The molecule has 0 N–H and O–H groups in total. The van der Waals surface area contributed by atoms with E-state index in [1.54, 1.807) is 12.1 Å². The quantitative estimate of drug-likeness (QED) is 0.729. The molecule has 0 radical (unpaired) electrons. The molecule has 1 aromatic rings. The fraction of sp³-hybridized carbons (Fsp3) is 0.250. The van der Waals surface area contributed by atoms with Gasteiger partial charge in [0, 0.05) is 6.21 Å². The molecule has 1 heterocycles. The molecule has 0 aliphatic carbocycles. The maximum Gasteiger partial charge on any atom is 0.422 e. The molecule has 1 aromatic carbocycles. The summed E-state index contributed by atoms with van der Waals surface area (Å²) in [6.07, 6.45) is 0.271. The molecule has 2 rings (SSSR count). The zero-order valence-corrected chi connectivity index (χ0v) is 8.62. The van der Waals surface area contributed by atoms with E-state index in [1.807, 2.05) is 19.1 Å². The lowest BCUT2D eigenvalue weighted by Gasteiger charge is -2.17. The van der Waals surface area contributed by atoms with Gasteiger partial charge < -0.3 is 0 Å². The first-order valence-corrected chi connectivity index (χ1v) is 4.86. The Hall–Kier alpha value is -1.58. The Morgan fingerprint density at radius 1 is 1.19 bits per heavy atom. The highest BCUT2D eigenvalue weighted by Gasteiger charge is 2.61. The Balaban J connectivity index is 2.29. The summed E-state index contributed by atoms with van der Waals surface area (Å²) in [6.45, 7) is 1.86. The van der Waals surface area contributed by atoms with Crippen LogP contribution in [0.5, 0.6) is 0 Å². The first-order chi connectivity index (χ1) is 7.49. The second kappa shape index (κ2) is 3.47. The number of hydrogen-bond acceptors (Lipinski definition) is 1. The Morgan fingerprint density at radius 2 is 1.75 bits per heavy atom. The van der Waals surface area contributed by atoms with Crippen LogP contribution < -0.4 is 0 Å². The maximum atomic E-state index is 12.7. The van der Waals surface area contributed by atoms with Crippen LogP contribution in [0.2, 0.25) is 0 Å². The summed E-state index contributed by atoms with van der Waals surface area (Å²) in [6, 6.07) is 6.25. The van der Waals surface area contributed by atoms with Gasteiger partial charge in [0.25, 0.3) is 0 Å². The average Bonchev–Trinajstić information content (AvgIpc) is 2.99. The van der Waals surface area contributed by atoms with Crippen LogP contribution in [-0.4, -0.2) is 12.4 Å². The van der Waals surface area contributed by atoms with Crippen LogP contribution in [0.3, 0.4) is 0 Å². The lowest BCUT2D eigenvalue weighted by molar-refractivity contribution is -0.156. The third-order valence-electron chi connectivity index (χ3n) is 2.53. The molecule has 0 bridgehead atoms. The first-order valence-electron chi connectivity index (χ1n) is 4.86. The van der Waals surface area contributed by atoms with E-state index in [0.717, 1.165) is 11.8 Å². The van der Waals surface area contributed by atoms with Gasteiger partial charge in [0.1, 0.15) is 0 Å². The number of aliphatic imine (C=N–C) groups is 1. The molecule has 0 amide bonds. The topological polar surface area (TPSA) is 12.4 Å². The molecule has 1 aliphatic rings. The van der Waals surface area contributed by atoms with E-state index in [9.17, 15) is 13.2 Å². The zero-order chi connectivity index (χ0) is 11.8. The summed E-state index contributed by atoms with van der Waals surface area (Å²) < 4.78 is 38.1. The Labute approximate surface area is 91.3 Å². The van der Waals surface area contributed by atoms with Crippen molar-refractivity contribution in [1.82, 2.24) is 0 Å². The van der Waals surface area contributed by atoms with E-state index in [4.69, 9.17) is 0 Å². The van der Waals surface area contributed by atoms with Gasteiger partial charge in [-0.15, -0.1) is 0 Å². The number of rotatable bonds is 2. The van der Waals surface area contributed by atoms with Crippen molar-refractivity contribution in [3.63, 3.8) is 0 Å². The van der Waals surface area contributed by atoms with Gasteiger partial charge in [0.05, 0.1) is 0 Å². The van der Waals surface area contributed by atoms with Crippen LogP contribution in [0, 0.1) is 0 Å². The van der Waals surface area contributed by atoms with Crippen molar-refractivity contribution in [3.8, 4) is 0 Å². The Morgan fingerprint density at radius 3 is 2.12 bits per heavy atom. The Kier molecular flexibility index (Phi) is 2.37. The van der Waals surface area contributed by atoms with Gasteiger partial charge in [0.2, 0.25) is 5.54 Å². The monoisotopic (exact) mass is 225 g/mol. The molecular formula is C12H10F3N. The van der Waals surface area contributed by atoms with Crippen molar-refractivity contribution in [3.05, 3.63) is 41.5 Å². The second-order valence-corrected chi connectivity index (χ2v) is 3.64. The third kappa shape index (κ3) is 1.64. The van der Waals surface area contributed by atoms with Gasteiger partial charge in [-0.1, -0.05) is 36.4 Å². The normalized spacial score (nSPS) is 24.0. The second-order valence-electron chi connectivity index (χ2n) is 3.64. The fourth-order valence-corrected chi connectivity index (χ4v) is 1.56. The van der Waals surface area contributed by atoms with Crippen LogP contribution >= 0.6 is 0 Å². The molecular weight excluding hydrogens is 215 g/mol. The molecule has 1 nitrogen and oxygen atoms in total. The smallest absolute Gasteiger partial charge is 0.267 e. The van der Waals surface area contributed by atoms with E-state index < -0.39 is 11.7 Å². The number of nitrogens with zero attached hydrogens (tertiary/aromatic N) is 1. The van der Waals surface area contributed by atoms with Gasteiger partial charge >= 0.3 is 6.18 Å². The predicted molar refractivity (Wildman–Crippen MR) is 57.4 cm³/mol. The molecule has 0 saturated carbocycles. The highest BCUT2D eigenvalue weighted by molar-refractivity contribution is 5.87. The molecule has 1 unspecified atom stereocenters. The van der Waals surface area contributed by atoms with Gasteiger partial charge in [-0.25, -0.2) is 0 Å². The predicted octanol–water partition coefficient (Wildman–Crippen LogP) is 3.56. The molecule has 0 aromatic heterocycles. The van der Waals surface area contributed by atoms with E-state index in [0.29, 0.717) is 0 Å². The summed E-state index contributed by atoms with van der Waals surface area (Å²) in [4.78, 5) is 3.38. The van der Waals surface area contributed by atoms with Crippen LogP contribution in [0.25, 0.3) is 6.08 Å². The number of benzene rings is 1. The van der Waals surface area contributed by atoms with Crippen molar-refractivity contribution >= 4 is 12.3 Å². The minimum atomic E-state index is -4.34. The van der Waals surface area contributed by atoms with Gasteiger partial charge in [-0.3, -0.25) is 4.99 Å². The van der Waals surface area contributed by atoms with Gasteiger partial charge in [0.15, 0.2) is 0 Å². The standard InChI is InChI=1S/C12H10F3N/c1-2-3-9-4-6-10(7-5-9)11(8-16-11)12(13,14)15/h2-8H,1H3/b3-2+. The number of halogens is 3. The highest BCUT2D eigenvalue weighted by atomic mass is 19.4. The van der Waals surface area contributed by atoms with E-state index in [-0.39, 0.29) is 5.56 Å². The van der Waals surface area contributed by atoms with Gasteiger partial charge in [-0.05, 0) is 18.1 Å². The van der Waals surface area contributed by atoms with Crippen molar-refractivity contribution < 1.29 is 13.2 Å². The van der Waals surface area contributed by atoms with E-state index >= 15 is 0 Å². The molecule has 84 valence electrons. The van der Waals surface area contributed by atoms with Crippen LogP contribution in [0.15, 0.2) is 35.3 Å². The summed E-state index contributed by atoms with van der Waals surface area (Å²) in [5.41, 5.74) is -1.00. The molecule has 1 atom stereocenters. The van der Waals surface area contributed by atoms with Crippen molar-refractivity contribution in [2.24, 2.45) is 4.99 Å². The summed E-state index contributed by atoms with van der Waals surface area (Å²) in [5.74, 6) is 0. The fourth-order valence-electron chi connectivity index (χ4n) is 1.56. The van der Waals surface area contributed by atoms with Crippen molar-refractivity contribution in [2.45, 2.75) is 18.6 Å². The zero-order valence-electron chi connectivity index (χ0n) is 8.62. The minimum Gasteiger partial charge on any atom is -0.267 e. The number of alkyl halides is 3. The van der Waals surface area contributed by atoms with Crippen LogP contribution in [0.4, 0.5) is 13.2 Å². The van der Waals surface area contributed by atoms with E-state index in [2.05, 4.69) is 4.99 Å². The molecule has 4 heteroatoms. The lowest BCUT2D eigenvalue weighted by atomic mass is 9.96. The SMILES string of the molecule is C/C=C/c1ccc(C2(C(F)(F)F)C=N2)cc1. The van der Waals surface area contributed by atoms with Crippen LogP contribution in [0.1, 0.15) is 18.1 Å². The third-order valence-corrected chi connectivity index (χ3v) is 2.53. The van der Waals surface area contributed by atoms with Gasteiger partial charge in [-0.2, -0.15) is 13.2 Å². The van der Waals surface area contributed by atoms with E-state index in [1.165, 1.54) is 12.1 Å². The van der Waals surface area contributed by atoms with Crippen molar-refractivity contribution in [2.75, 3.05) is 0 Å².